The van der Waals surface area contributed by atoms with Gasteiger partial charge in [0.05, 0.1) is 31.6 Å². The monoisotopic (exact) mass is 321 g/mol. The summed E-state index contributed by atoms with van der Waals surface area (Å²) in [6.07, 6.45) is 4.93. The third kappa shape index (κ3) is 5.14. The molecule has 0 aliphatic rings. The highest BCUT2D eigenvalue weighted by Gasteiger charge is 2.09. The maximum atomic E-state index is 11.8. The van der Waals surface area contributed by atoms with Gasteiger partial charge in [0.15, 0.2) is 0 Å². The Labute approximate surface area is 133 Å². The van der Waals surface area contributed by atoms with Gasteiger partial charge in [-0.1, -0.05) is 0 Å². The molecule has 8 heteroatoms. The van der Waals surface area contributed by atoms with Crippen LogP contribution in [0.2, 0.25) is 0 Å². The molecule has 0 unspecified atom stereocenters. The summed E-state index contributed by atoms with van der Waals surface area (Å²) in [5.74, 6) is -0.0346. The molecule has 0 saturated heterocycles. The van der Waals surface area contributed by atoms with Crippen LogP contribution in [0.15, 0.2) is 24.0 Å². The van der Waals surface area contributed by atoms with E-state index in [0.717, 1.165) is 22.9 Å². The van der Waals surface area contributed by atoms with Crippen LogP contribution in [0.25, 0.3) is 10.7 Å². The van der Waals surface area contributed by atoms with Crippen molar-refractivity contribution in [2.24, 2.45) is 0 Å². The molecule has 0 aromatic carbocycles. The molecule has 0 spiro atoms. The van der Waals surface area contributed by atoms with Gasteiger partial charge in [-0.15, -0.1) is 11.3 Å². The van der Waals surface area contributed by atoms with Crippen molar-refractivity contribution in [2.45, 2.75) is 6.54 Å². The van der Waals surface area contributed by atoms with E-state index >= 15 is 0 Å². The number of hydrogen-bond acceptors (Lipinski definition) is 7. The van der Waals surface area contributed by atoms with Gasteiger partial charge in [-0.2, -0.15) is 0 Å². The zero-order valence-corrected chi connectivity index (χ0v) is 13.5. The molecule has 7 nitrogen and oxygen atoms in total. The Bertz CT molecular complexity index is 590. The Hall–Kier alpha value is -1.90. The second-order valence-electron chi connectivity index (χ2n) is 4.74. The predicted molar refractivity (Wildman–Crippen MR) is 84.4 cm³/mol. The van der Waals surface area contributed by atoms with E-state index in [0.29, 0.717) is 19.7 Å². The van der Waals surface area contributed by atoms with Crippen LogP contribution < -0.4 is 5.32 Å². The van der Waals surface area contributed by atoms with Crippen LogP contribution in [0.5, 0.6) is 0 Å². The summed E-state index contributed by atoms with van der Waals surface area (Å²) in [5.41, 5.74) is 1.56. The molecule has 0 radical (unpaired) electrons. The molecule has 0 atom stereocenters. The van der Waals surface area contributed by atoms with Crippen LogP contribution in [0, 0.1) is 0 Å². The number of carbonyl (C=O) groups is 1. The summed E-state index contributed by atoms with van der Waals surface area (Å²) in [7, 11) is 3.53. The van der Waals surface area contributed by atoms with E-state index in [1.54, 1.807) is 25.7 Å². The molecule has 0 saturated carbocycles. The molecule has 2 heterocycles. The number of likely N-dealkylation sites (N-methyl/N-ethyl adjacent to an activating group) is 1. The van der Waals surface area contributed by atoms with Gasteiger partial charge in [0.1, 0.15) is 10.7 Å². The second kappa shape index (κ2) is 8.52. The van der Waals surface area contributed by atoms with Crippen molar-refractivity contribution in [1.82, 2.24) is 25.2 Å². The molecule has 0 aliphatic carbocycles. The van der Waals surface area contributed by atoms with Crippen LogP contribution >= 0.6 is 11.3 Å². The van der Waals surface area contributed by atoms with Gasteiger partial charge in [0.25, 0.3) is 0 Å². The number of nitrogens with one attached hydrogen (secondary N) is 1. The first kappa shape index (κ1) is 16.5. The van der Waals surface area contributed by atoms with E-state index < -0.39 is 0 Å². The Balaban J connectivity index is 1.80. The Morgan fingerprint density at radius 3 is 3.05 bits per heavy atom. The molecular weight excluding hydrogens is 302 g/mol. The number of rotatable bonds is 8. The van der Waals surface area contributed by atoms with E-state index in [1.165, 1.54) is 11.3 Å². The maximum Gasteiger partial charge on any atom is 0.234 e. The number of nitrogens with zero attached hydrogens (tertiary/aromatic N) is 4. The number of amides is 1. The molecule has 2 aromatic heterocycles. The van der Waals surface area contributed by atoms with Gasteiger partial charge in [-0.05, 0) is 7.05 Å². The van der Waals surface area contributed by atoms with E-state index in [9.17, 15) is 4.79 Å². The predicted octanol–water partition coefficient (Wildman–Crippen LogP) is 0.795. The molecular formula is C14H19N5O2S. The largest absolute Gasteiger partial charge is 0.383 e. The summed E-state index contributed by atoms with van der Waals surface area (Å²) >= 11 is 1.49. The van der Waals surface area contributed by atoms with Crippen LogP contribution in [0.3, 0.4) is 0 Å². The Kier molecular flexibility index (Phi) is 6.38. The fraction of sp³-hybridized carbons (Fsp3) is 0.429. The van der Waals surface area contributed by atoms with Crippen LogP contribution in [0.4, 0.5) is 0 Å². The van der Waals surface area contributed by atoms with Gasteiger partial charge in [-0.3, -0.25) is 19.7 Å². The second-order valence-corrected chi connectivity index (χ2v) is 5.60. The molecule has 0 aliphatic heterocycles. The summed E-state index contributed by atoms with van der Waals surface area (Å²) in [5, 5.41) is 5.57. The van der Waals surface area contributed by atoms with Crippen molar-refractivity contribution in [3.05, 3.63) is 29.7 Å². The summed E-state index contributed by atoms with van der Waals surface area (Å²) < 4.78 is 4.98. The molecule has 0 bridgehead atoms. The lowest BCUT2D eigenvalue weighted by Gasteiger charge is -2.15. The number of methoxy groups -OCH3 is 1. The van der Waals surface area contributed by atoms with Crippen molar-refractivity contribution >= 4 is 17.2 Å². The molecule has 0 fully saturated rings. The lowest BCUT2D eigenvalue weighted by atomic mass is 10.4. The summed E-state index contributed by atoms with van der Waals surface area (Å²) in [6.45, 7) is 2.08. The Morgan fingerprint density at radius 2 is 2.32 bits per heavy atom. The van der Waals surface area contributed by atoms with Crippen molar-refractivity contribution in [2.75, 3.05) is 33.9 Å². The summed E-state index contributed by atoms with van der Waals surface area (Å²) in [4.78, 5) is 26.4. The number of aromatic nitrogens is 3. The minimum absolute atomic E-state index is 0.0346. The third-order valence-corrected chi connectivity index (χ3v) is 3.80. The SMILES string of the molecule is COCCN(C)CC(=O)NCc1csc(-c2cnccn2)n1. The summed E-state index contributed by atoms with van der Waals surface area (Å²) in [6, 6.07) is 0. The fourth-order valence-corrected chi connectivity index (χ4v) is 2.51. The van der Waals surface area contributed by atoms with Crippen molar-refractivity contribution in [3.63, 3.8) is 0 Å². The van der Waals surface area contributed by atoms with Crippen molar-refractivity contribution in [3.8, 4) is 10.7 Å². The fourth-order valence-electron chi connectivity index (χ4n) is 1.73. The zero-order chi connectivity index (χ0) is 15.8. The minimum Gasteiger partial charge on any atom is -0.383 e. The standard InChI is InChI=1S/C14H19N5O2S/c1-19(5-6-21-2)9-13(20)17-7-11-10-22-14(18-11)12-8-15-3-4-16-12/h3-4,8,10H,5-7,9H2,1-2H3,(H,17,20). The van der Waals surface area contributed by atoms with Gasteiger partial charge < -0.3 is 10.1 Å². The average molecular weight is 321 g/mol. The van der Waals surface area contributed by atoms with Crippen LogP contribution in [-0.2, 0) is 16.1 Å². The third-order valence-electron chi connectivity index (χ3n) is 2.89. The molecule has 2 rings (SSSR count). The lowest BCUT2D eigenvalue weighted by molar-refractivity contribution is -0.122. The average Bonchev–Trinajstić information content (AvgIpc) is 3.01. The van der Waals surface area contributed by atoms with E-state index in [2.05, 4.69) is 20.3 Å². The molecule has 22 heavy (non-hydrogen) atoms. The molecule has 2 aromatic rings. The first-order valence-corrected chi connectivity index (χ1v) is 7.72. The number of thiazole rings is 1. The van der Waals surface area contributed by atoms with Gasteiger partial charge in [0, 0.05) is 31.4 Å². The Morgan fingerprint density at radius 1 is 1.45 bits per heavy atom. The topological polar surface area (TPSA) is 80.2 Å². The highest BCUT2D eigenvalue weighted by atomic mass is 32.1. The van der Waals surface area contributed by atoms with E-state index in [-0.39, 0.29) is 5.91 Å². The number of ether oxygens (including phenoxy) is 1. The highest BCUT2D eigenvalue weighted by molar-refractivity contribution is 7.13. The van der Waals surface area contributed by atoms with Crippen molar-refractivity contribution in [1.29, 1.82) is 0 Å². The smallest absolute Gasteiger partial charge is 0.234 e. The van der Waals surface area contributed by atoms with E-state index in [1.807, 2.05) is 17.3 Å². The molecule has 118 valence electrons. The van der Waals surface area contributed by atoms with Gasteiger partial charge in [-0.25, -0.2) is 4.98 Å². The van der Waals surface area contributed by atoms with E-state index in [4.69, 9.17) is 4.74 Å². The van der Waals surface area contributed by atoms with Crippen LogP contribution in [0.1, 0.15) is 5.69 Å². The van der Waals surface area contributed by atoms with Gasteiger partial charge >= 0.3 is 0 Å². The molecule has 1 amide bonds. The minimum atomic E-state index is -0.0346. The van der Waals surface area contributed by atoms with Crippen molar-refractivity contribution < 1.29 is 9.53 Å². The quantitative estimate of drug-likeness (QED) is 0.774. The maximum absolute atomic E-state index is 11.8. The first-order valence-electron chi connectivity index (χ1n) is 6.84. The normalized spacial score (nSPS) is 10.9. The number of carbonyl (C=O) groups excluding carboxylic acids is 1. The zero-order valence-electron chi connectivity index (χ0n) is 12.7. The first-order chi connectivity index (χ1) is 10.7. The highest BCUT2D eigenvalue weighted by Crippen LogP contribution is 2.20. The number of hydrogen-bond donors (Lipinski definition) is 1. The van der Waals surface area contributed by atoms with Crippen LogP contribution in [-0.4, -0.2) is 59.6 Å². The van der Waals surface area contributed by atoms with Gasteiger partial charge in [0.2, 0.25) is 5.91 Å². The lowest BCUT2D eigenvalue weighted by Crippen LogP contribution is -2.36. The molecule has 1 N–H and O–H groups in total.